The smallest absolute Gasteiger partial charge is 0.433 e. The number of rotatable bonds is 5. The van der Waals surface area contributed by atoms with E-state index in [4.69, 9.17) is 9.47 Å². The molecule has 0 N–H and O–H groups in total. The molecule has 2 heterocycles. The van der Waals surface area contributed by atoms with Crippen molar-refractivity contribution in [1.82, 2.24) is 9.97 Å². The molecule has 1 aliphatic heterocycles. The molecule has 0 amide bonds. The van der Waals surface area contributed by atoms with Crippen LogP contribution < -0.4 is 14.4 Å². The molecule has 0 bridgehead atoms. The lowest BCUT2D eigenvalue weighted by Gasteiger charge is -2.39. The molecule has 3 rings (SSSR count). The van der Waals surface area contributed by atoms with Crippen LogP contribution >= 0.6 is 0 Å². The average molecular weight is 353 g/mol. The topological polar surface area (TPSA) is 47.5 Å². The Hall–Kier alpha value is -2.51. The van der Waals surface area contributed by atoms with Crippen LogP contribution in [0.1, 0.15) is 11.3 Å². The predicted octanol–water partition coefficient (Wildman–Crippen LogP) is 3.19. The number of hydrogen-bond donors (Lipinski definition) is 0. The van der Waals surface area contributed by atoms with Crippen molar-refractivity contribution < 1.29 is 22.6 Å². The van der Waals surface area contributed by atoms with E-state index in [1.54, 1.807) is 25.2 Å². The van der Waals surface area contributed by atoms with Gasteiger partial charge >= 0.3 is 6.18 Å². The van der Waals surface area contributed by atoms with Crippen LogP contribution in [0, 0.1) is 5.92 Å². The Bertz CT molecular complexity index is 724. The van der Waals surface area contributed by atoms with Gasteiger partial charge in [-0.25, -0.2) is 9.97 Å². The third-order valence-corrected chi connectivity index (χ3v) is 4.11. The van der Waals surface area contributed by atoms with Gasteiger partial charge in [-0.1, -0.05) is 0 Å². The minimum absolute atomic E-state index is 0.120. The fourth-order valence-corrected chi connectivity index (χ4v) is 2.84. The lowest BCUT2D eigenvalue weighted by Crippen LogP contribution is -2.48. The summed E-state index contributed by atoms with van der Waals surface area (Å²) in [6, 6.07) is 6.55. The van der Waals surface area contributed by atoms with Crippen molar-refractivity contribution in [2.24, 2.45) is 5.92 Å². The minimum atomic E-state index is -4.46. The van der Waals surface area contributed by atoms with E-state index in [1.807, 2.05) is 12.1 Å². The third-order valence-electron chi connectivity index (χ3n) is 4.11. The Labute approximate surface area is 143 Å². The van der Waals surface area contributed by atoms with Gasteiger partial charge in [0.1, 0.15) is 17.2 Å². The number of ether oxygens (including phenoxy) is 2. The first kappa shape index (κ1) is 17.3. The zero-order valence-electron chi connectivity index (χ0n) is 13.9. The zero-order chi connectivity index (χ0) is 18.0. The summed E-state index contributed by atoms with van der Waals surface area (Å²) in [6.45, 7) is 1.22. The SMILES string of the molecule is COc1cc(CC2CN(c3nccc(C(F)(F)F)n3)C2)cc(OC)c1. The third kappa shape index (κ3) is 3.94. The highest BCUT2D eigenvalue weighted by Crippen LogP contribution is 2.31. The van der Waals surface area contributed by atoms with E-state index in [-0.39, 0.29) is 5.95 Å². The van der Waals surface area contributed by atoms with E-state index in [1.165, 1.54) is 0 Å². The van der Waals surface area contributed by atoms with Crippen molar-refractivity contribution in [1.29, 1.82) is 0 Å². The van der Waals surface area contributed by atoms with Crippen LogP contribution in [0.4, 0.5) is 19.1 Å². The van der Waals surface area contributed by atoms with Crippen molar-refractivity contribution in [2.75, 3.05) is 32.2 Å². The highest BCUT2D eigenvalue weighted by Gasteiger charge is 2.35. The van der Waals surface area contributed by atoms with Gasteiger partial charge in [-0.15, -0.1) is 0 Å². The molecule has 1 aromatic heterocycles. The number of hydrogen-bond acceptors (Lipinski definition) is 5. The molecule has 1 aliphatic rings. The number of aromatic nitrogens is 2. The van der Waals surface area contributed by atoms with Gasteiger partial charge in [-0.3, -0.25) is 0 Å². The van der Waals surface area contributed by atoms with Crippen molar-refractivity contribution in [3.05, 3.63) is 41.7 Å². The van der Waals surface area contributed by atoms with Crippen LogP contribution in [0.3, 0.4) is 0 Å². The lowest BCUT2D eigenvalue weighted by atomic mass is 9.92. The van der Waals surface area contributed by atoms with Crippen LogP contribution in [-0.4, -0.2) is 37.3 Å². The Morgan fingerprint density at radius 1 is 1.12 bits per heavy atom. The van der Waals surface area contributed by atoms with Gasteiger partial charge in [0, 0.05) is 25.4 Å². The van der Waals surface area contributed by atoms with Crippen molar-refractivity contribution in [3.8, 4) is 11.5 Å². The fourth-order valence-electron chi connectivity index (χ4n) is 2.84. The lowest BCUT2D eigenvalue weighted by molar-refractivity contribution is -0.141. The van der Waals surface area contributed by atoms with Crippen LogP contribution in [0.2, 0.25) is 0 Å². The predicted molar refractivity (Wildman–Crippen MR) is 86.0 cm³/mol. The summed E-state index contributed by atoms with van der Waals surface area (Å²) < 4.78 is 48.7. The second-order valence-corrected chi connectivity index (χ2v) is 5.94. The molecule has 1 fully saturated rings. The first-order valence-corrected chi connectivity index (χ1v) is 7.76. The molecule has 2 aromatic rings. The van der Waals surface area contributed by atoms with Gasteiger partial charge in [0.05, 0.1) is 14.2 Å². The van der Waals surface area contributed by atoms with E-state index in [0.29, 0.717) is 30.5 Å². The van der Waals surface area contributed by atoms with Gasteiger partial charge in [0.15, 0.2) is 0 Å². The zero-order valence-corrected chi connectivity index (χ0v) is 13.9. The summed E-state index contributed by atoms with van der Waals surface area (Å²) in [6.07, 6.45) is -2.53. The maximum absolute atomic E-state index is 12.7. The Kier molecular flexibility index (Phi) is 4.69. The summed E-state index contributed by atoms with van der Waals surface area (Å²) >= 11 is 0. The summed E-state index contributed by atoms with van der Waals surface area (Å²) in [5, 5.41) is 0. The van der Waals surface area contributed by atoms with Crippen LogP contribution in [-0.2, 0) is 12.6 Å². The molecular weight excluding hydrogens is 335 g/mol. The maximum atomic E-state index is 12.7. The Balaban J connectivity index is 1.64. The second-order valence-electron chi connectivity index (χ2n) is 5.94. The number of benzene rings is 1. The Morgan fingerprint density at radius 2 is 1.76 bits per heavy atom. The molecule has 8 heteroatoms. The average Bonchev–Trinajstić information content (AvgIpc) is 2.56. The number of nitrogens with zero attached hydrogens (tertiary/aromatic N) is 3. The fraction of sp³-hybridized carbons (Fsp3) is 0.412. The molecule has 1 aromatic carbocycles. The molecule has 0 atom stereocenters. The second kappa shape index (κ2) is 6.78. The minimum Gasteiger partial charge on any atom is -0.497 e. The molecular formula is C17H18F3N3O2. The normalized spacial score (nSPS) is 15.0. The molecule has 0 saturated carbocycles. The van der Waals surface area contributed by atoms with E-state index < -0.39 is 11.9 Å². The molecule has 0 aliphatic carbocycles. The number of halogens is 3. The summed E-state index contributed by atoms with van der Waals surface area (Å²) in [5.74, 6) is 1.86. The standard InChI is InChI=1S/C17H18F3N3O2/c1-24-13-6-11(7-14(8-13)25-2)5-12-9-23(10-12)16-21-4-3-15(22-16)17(18,19)20/h3-4,6-8,12H,5,9-10H2,1-2H3. The van der Waals surface area contributed by atoms with Gasteiger partial charge in [0.25, 0.3) is 0 Å². The van der Waals surface area contributed by atoms with Crippen LogP contribution in [0.15, 0.2) is 30.5 Å². The first-order chi connectivity index (χ1) is 11.9. The number of alkyl halides is 3. The number of anilines is 1. The summed E-state index contributed by atoms with van der Waals surface area (Å²) in [5.41, 5.74) is 0.143. The summed E-state index contributed by atoms with van der Waals surface area (Å²) in [4.78, 5) is 9.31. The van der Waals surface area contributed by atoms with E-state index in [9.17, 15) is 13.2 Å². The van der Waals surface area contributed by atoms with E-state index >= 15 is 0 Å². The summed E-state index contributed by atoms with van der Waals surface area (Å²) in [7, 11) is 3.18. The monoisotopic (exact) mass is 353 g/mol. The highest BCUT2D eigenvalue weighted by atomic mass is 19.4. The van der Waals surface area contributed by atoms with Crippen LogP contribution in [0.5, 0.6) is 11.5 Å². The molecule has 0 radical (unpaired) electrons. The molecule has 5 nitrogen and oxygen atoms in total. The maximum Gasteiger partial charge on any atom is 0.433 e. The quantitative estimate of drug-likeness (QED) is 0.826. The number of methoxy groups -OCH3 is 2. The largest absolute Gasteiger partial charge is 0.497 e. The van der Waals surface area contributed by atoms with Crippen molar-refractivity contribution in [3.63, 3.8) is 0 Å². The van der Waals surface area contributed by atoms with Crippen molar-refractivity contribution >= 4 is 5.95 Å². The first-order valence-electron chi connectivity index (χ1n) is 7.76. The van der Waals surface area contributed by atoms with Crippen molar-refractivity contribution in [2.45, 2.75) is 12.6 Å². The molecule has 0 unspecified atom stereocenters. The molecule has 134 valence electrons. The highest BCUT2D eigenvalue weighted by molar-refractivity contribution is 5.40. The van der Waals surface area contributed by atoms with E-state index in [2.05, 4.69) is 9.97 Å². The molecule has 0 spiro atoms. The Morgan fingerprint density at radius 3 is 2.32 bits per heavy atom. The van der Waals surface area contributed by atoms with Gasteiger partial charge in [-0.2, -0.15) is 13.2 Å². The molecule has 1 saturated heterocycles. The van der Waals surface area contributed by atoms with Gasteiger partial charge in [0.2, 0.25) is 5.95 Å². The van der Waals surface area contributed by atoms with Gasteiger partial charge in [-0.05, 0) is 36.1 Å². The van der Waals surface area contributed by atoms with Crippen LogP contribution in [0.25, 0.3) is 0 Å². The van der Waals surface area contributed by atoms with Gasteiger partial charge < -0.3 is 14.4 Å². The molecule has 25 heavy (non-hydrogen) atoms. The van der Waals surface area contributed by atoms with E-state index in [0.717, 1.165) is 24.2 Å².